The van der Waals surface area contributed by atoms with E-state index in [4.69, 9.17) is 0 Å². The van der Waals surface area contributed by atoms with E-state index in [0.717, 1.165) is 11.4 Å². The summed E-state index contributed by atoms with van der Waals surface area (Å²) in [5.41, 5.74) is 3.43. The Kier molecular flexibility index (Phi) is 5.28. The molecule has 0 aliphatic rings. The normalized spacial score (nSPS) is 11.5. The molecule has 1 aromatic carbocycles. The highest BCUT2D eigenvalue weighted by Crippen LogP contribution is 2.27. The molecule has 0 saturated heterocycles. The van der Waals surface area contributed by atoms with Crippen molar-refractivity contribution in [3.63, 3.8) is 0 Å². The maximum absolute atomic E-state index is 12.8. The molecule has 0 fully saturated rings. The van der Waals surface area contributed by atoms with Gasteiger partial charge in [-0.15, -0.1) is 11.3 Å². The molecule has 0 radical (unpaired) electrons. The van der Waals surface area contributed by atoms with Gasteiger partial charge in [0.05, 0.1) is 17.8 Å². The van der Waals surface area contributed by atoms with Crippen LogP contribution in [-0.2, 0) is 12.0 Å². The van der Waals surface area contributed by atoms with Gasteiger partial charge in [0.25, 0.3) is 5.91 Å². The highest BCUT2D eigenvalue weighted by molar-refractivity contribution is 7.10. The number of amides is 1. The molecular formula is C21H25N3OS. The van der Waals surface area contributed by atoms with Crippen molar-refractivity contribution in [2.45, 2.75) is 39.7 Å². The molecule has 3 rings (SSSR count). The van der Waals surface area contributed by atoms with E-state index in [1.165, 1.54) is 10.4 Å². The van der Waals surface area contributed by atoms with Crippen LogP contribution in [0.1, 0.15) is 46.0 Å². The van der Waals surface area contributed by atoms with E-state index in [9.17, 15) is 4.79 Å². The summed E-state index contributed by atoms with van der Waals surface area (Å²) in [6.45, 7) is 9.42. The average molecular weight is 368 g/mol. The highest BCUT2D eigenvalue weighted by atomic mass is 32.1. The second kappa shape index (κ2) is 7.46. The minimum atomic E-state index is -0.0916. The number of rotatable bonds is 6. The Morgan fingerprint density at radius 2 is 1.88 bits per heavy atom. The Balaban J connectivity index is 1.73. The molecule has 5 heteroatoms. The zero-order valence-corrected chi connectivity index (χ0v) is 16.6. The molecule has 26 heavy (non-hydrogen) atoms. The number of carbonyl (C=O) groups excluding carboxylic acids is 1. The first kappa shape index (κ1) is 18.4. The summed E-state index contributed by atoms with van der Waals surface area (Å²) >= 11 is 1.72. The summed E-state index contributed by atoms with van der Waals surface area (Å²) in [5, 5.41) is 9.75. The number of hydrogen-bond acceptors (Lipinski definition) is 3. The molecule has 3 aromatic rings. The zero-order valence-electron chi connectivity index (χ0n) is 15.7. The molecule has 4 nitrogen and oxygen atoms in total. The van der Waals surface area contributed by atoms with Gasteiger partial charge < -0.3 is 5.32 Å². The van der Waals surface area contributed by atoms with E-state index < -0.39 is 0 Å². The Hall–Kier alpha value is -2.40. The number of hydrogen-bond donors (Lipinski definition) is 1. The van der Waals surface area contributed by atoms with Crippen molar-refractivity contribution < 1.29 is 4.79 Å². The summed E-state index contributed by atoms with van der Waals surface area (Å²) in [7, 11) is 0. The fraction of sp³-hybridized carbons (Fsp3) is 0.333. The molecular weight excluding hydrogens is 342 g/mol. The third-order valence-electron chi connectivity index (χ3n) is 4.66. The molecule has 0 atom stereocenters. The first-order chi connectivity index (χ1) is 12.4. The standard InChI is InChI=1S/C21H25N3OS/c1-15-19(16(2)24(23-15)13-17-9-6-5-7-10-17)20(25)22-14-21(3,4)18-11-8-12-26-18/h5-12H,13-14H2,1-4H3,(H,22,25). The molecule has 0 aliphatic carbocycles. The largest absolute Gasteiger partial charge is 0.351 e. The number of aromatic nitrogens is 2. The van der Waals surface area contributed by atoms with Crippen LogP contribution >= 0.6 is 11.3 Å². The minimum Gasteiger partial charge on any atom is -0.351 e. The quantitative estimate of drug-likeness (QED) is 0.705. The molecule has 1 N–H and O–H groups in total. The lowest BCUT2D eigenvalue weighted by Gasteiger charge is -2.23. The zero-order chi connectivity index (χ0) is 18.7. The fourth-order valence-electron chi connectivity index (χ4n) is 3.08. The summed E-state index contributed by atoms with van der Waals surface area (Å²) in [4.78, 5) is 14.1. The Bertz CT molecular complexity index is 880. The maximum Gasteiger partial charge on any atom is 0.255 e. The van der Waals surface area contributed by atoms with E-state index in [2.05, 4.69) is 47.8 Å². The van der Waals surface area contributed by atoms with Gasteiger partial charge in [-0.3, -0.25) is 9.48 Å². The lowest BCUT2D eigenvalue weighted by Crippen LogP contribution is -2.36. The van der Waals surface area contributed by atoms with Gasteiger partial charge >= 0.3 is 0 Å². The van der Waals surface area contributed by atoms with Crippen LogP contribution in [0.25, 0.3) is 0 Å². The van der Waals surface area contributed by atoms with Crippen LogP contribution in [0.5, 0.6) is 0 Å². The Morgan fingerprint density at radius 1 is 1.15 bits per heavy atom. The molecule has 0 aliphatic heterocycles. The van der Waals surface area contributed by atoms with Crippen LogP contribution in [0.2, 0.25) is 0 Å². The van der Waals surface area contributed by atoms with Crippen molar-refractivity contribution in [1.29, 1.82) is 0 Å². The van der Waals surface area contributed by atoms with E-state index in [0.29, 0.717) is 18.7 Å². The maximum atomic E-state index is 12.8. The van der Waals surface area contributed by atoms with Gasteiger partial charge in [-0.05, 0) is 30.9 Å². The SMILES string of the molecule is Cc1nn(Cc2ccccc2)c(C)c1C(=O)NCC(C)(C)c1cccs1. The van der Waals surface area contributed by atoms with Crippen LogP contribution in [0, 0.1) is 13.8 Å². The monoisotopic (exact) mass is 367 g/mol. The Labute approximate surface area is 158 Å². The first-order valence-corrected chi connectivity index (χ1v) is 9.66. The Morgan fingerprint density at radius 3 is 2.54 bits per heavy atom. The van der Waals surface area contributed by atoms with Crippen molar-refractivity contribution in [2.75, 3.05) is 6.54 Å². The minimum absolute atomic E-state index is 0.0519. The van der Waals surface area contributed by atoms with Crippen molar-refractivity contribution in [1.82, 2.24) is 15.1 Å². The number of thiophene rings is 1. The van der Waals surface area contributed by atoms with Gasteiger partial charge in [0.15, 0.2) is 0 Å². The first-order valence-electron chi connectivity index (χ1n) is 8.78. The van der Waals surface area contributed by atoms with Crippen molar-refractivity contribution in [2.24, 2.45) is 0 Å². The van der Waals surface area contributed by atoms with Gasteiger partial charge in [0.2, 0.25) is 0 Å². The van der Waals surface area contributed by atoms with E-state index in [1.807, 2.05) is 42.8 Å². The summed E-state index contributed by atoms with van der Waals surface area (Å²) in [5.74, 6) is -0.0519. The third-order valence-corrected chi connectivity index (χ3v) is 5.90. The molecule has 136 valence electrons. The van der Waals surface area contributed by atoms with Crippen LogP contribution in [0.4, 0.5) is 0 Å². The molecule has 0 bridgehead atoms. The predicted molar refractivity (Wildman–Crippen MR) is 107 cm³/mol. The van der Waals surface area contributed by atoms with Crippen molar-refractivity contribution in [3.05, 3.63) is 75.2 Å². The third kappa shape index (κ3) is 3.88. The van der Waals surface area contributed by atoms with Crippen LogP contribution in [0.3, 0.4) is 0 Å². The number of nitrogens with one attached hydrogen (secondary N) is 1. The number of benzene rings is 1. The van der Waals surface area contributed by atoms with Gasteiger partial charge in [0.1, 0.15) is 0 Å². The van der Waals surface area contributed by atoms with E-state index >= 15 is 0 Å². The molecule has 1 amide bonds. The second-order valence-electron chi connectivity index (χ2n) is 7.23. The van der Waals surface area contributed by atoms with Crippen LogP contribution < -0.4 is 5.32 Å². The molecule has 2 aromatic heterocycles. The van der Waals surface area contributed by atoms with Gasteiger partial charge in [0, 0.05) is 22.5 Å². The number of aryl methyl sites for hydroxylation is 1. The average Bonchev–Trinajstić information content (AvgIpc) is 3.24. The smallest absolute Gasteiger partial charge is 0.255 e. The van der Waals surface area contributed by atoms with Gasteiger partial charge in [-0.1, -0.05) is 50.2 Å². The van der Waals surface area contributed by atoms with Crippen molar-refractivity contribution in [3.8, 4) is 0 Å². The lowest BCUT2D eigenvalue weighted by molar-refractivity contribution is 0.0944. The van der Waals surface area contributed by atoms with Gasteiger partial charge in [-0.2, -0.15) is 5.10 Å². The number of carbonyl (C=O) groups is 1. The fourth-order valence-corrected chi connectivity index (χ4v) is 3.93. The second-order valence-corrected chi connectivity index (χ2v) is 8.18. The molecule has 0 saturated carbocycles. The van der Waals surface area contributed by atoms with Gasteiger partial charge in [-0.25, -0.2) is 0 Å². The summed E-state index contributed by atoms with van der Waals surface area (Å²) in [6.07, 6.45) is 0. The lowest BCUT2D eigenvalue weighted by atomic mass is 9.91. The van der Waals surface area contributed by atoms with Crippen molar-refractivity contribution >= 4 is 17.2 Å². The molecule has 2 heterocycles. The van der Waals surface area contributed by atoms with E-state index in [-0.39, 0.29) is 11.3 Å². The summed E-state index contributed by atoms with van der Waals surface area (Å²) in [6, 6.07) is 14.3. The van der Waals surface area contributed by atoms with Crippen LogP contribution in [-0.4, -0.2) is 22.2 Å². The van der Waals surface area contributed by atoms with E-state index in [1.54, 1.807) is 11.3 Å². The predicted octanol–water partition coefficient (Wildman–Crippen LogP) is 4.32. The molecule has 0 unspecified atom stereocenters. The number of nitrogens with zero attached hydrogens (tertiary/aromatic N) is 2. The molecule has 0 spiro atoms. The topological polar surface area (TPSA) is 46.9 Å². The van der Waals surface area contributed by atoms with Crippen LogP contribution in [0.15, 0.2) is 47.8 Å². The highest BCUT2D eigenvalue weighted by Gasteiger charge is 2.25. The summed E-state index contributed by atoms with van der Waals surface area (Å²) < 4.78 is 1.91.